The predicted octanol–water partition coefficient (Wildman–Crippen LogP) is 1.46. The summed E-state index contributed by atoms with van der Waals surface area (Å²) in [5, 5.41) is 0. The van der Waals surface area contributed by atoms with Crippen LogP contribution in [0.2, 0.25) is 0 Å². The molecule has 1 aromatic rings. The summed E-state index contributed by atoms with van der Waals surface area (Å²) >= 11 is 3.17. The molecule has 0 heterocycles. The fourth-order valence-electron chi connectivity index (χ4n) is 1.18. The Balaban J connectivity index is 2.99. The molecule has 0 radical (unpaired) electrons. The fourth-order valence-corrected chi connectivity index (χ4v) is 1.82. The van der Waals surface area contributed by atoms with Crippen LogP contribution in [0.1, 0.15) is 18.0 Å². The highest BCUT2D eigenvalue weighted by Crippen LogP contribution is 2.26. The average Bonchev–Trinajstić information content (AvgIpc) is 2.01. The lowest BCUT2D eigenvalue weighted by atomic mass is 10.0. The zero-order valence-corrected chi connectivity index (χ0v) is 8.92. The van der Waals surface area contributed by atoms with E-state index in [1.807, 2.05) is 0 Å². The maximum absolute atomic E-state index is 13.3. The summed E-state index contributed by atoms with van der Waals surface area (Å²) in [7, 11) is 0. The van der Waals surface area contributed by atoms with Gasteiger partial charge in [0.15, 0.2) is 0 Å². The quantitative estimate of drug-likeness (QED) is 0.864. The van der Waals surface area contributed by atoms with E-state index in [1.165, 1.54) is 6.07 Å². The number of primary amides is 1. The predicted molar refractivity (Wildman–Crippen MR) is 54.8 cm³/mol. The number of nitrogens with two attached hydrogens (primary N) is 2. The molecular weight excluding hydrogens is 251 g/mol. The Morgan fingerprint density at radius 1 is 1.57 bits per heavy atom. The molecule has 0 bridgehead atoms. The van der Waals surface area contributed by atoms with Crippen LogP contribution in [0, 0.1) is 5.82 Å². The molecular formula is C9H10BrFN2O. The fraction of sp³-hybridized carbons (Fsp3) is 0.222. The second kappa shape index (κ2) is 4.52. The number of halogens is 2. The Hall–Kier alpha value is -0.940. The Kier molecular flexibility index (Phi) is 3.60. The molecule has 0 aliphatic carbocycles. The van der Waals surface area contributed by atoms with E-state index in [0.717, 1.165) is 0 Å². The van der Waals surface area contributed by atoms with E-state index in [1.54, 1.807) is 12.1 Å². The van der Waals surface area contributed by atoms with Crippen molar-refractivity contribution in [2.45, 2.75) is 12.5 Å². The van der Waals surface area contributed by atoms with E-state index in [4.69, 9.17) is 11.5 Å². The molecule has 0 fully saturated rings. The van der Waals surface area contributed by atoms with E-state index in [9.17, 15) is 9.18 Å². The van der Waals surface area contributed by atoms with Crippen molar-refractivity contribution >= 4 is 21.8 Å². The first-order valence-electron chi connectivity index (χ1n) is 4.00. The van der Waals surface area contributed by atoms with Crippen LogP contribution in [0.5, 0.6) is 0 Å². The van der Waals surface area contributed by atoms with Crippen molar-refractivity contribution in [2.24, 2.45) is 11.5 Å². The molecule has 1 atom stereocenters. The van der Waals surface area contributed by atoms with Gasteiger partial charge in [-0.2, -0.15) is 0 Å². The van der Waals surface area contributed by atoms with E-state index in [-0.39, 0.29) is 12.0 Å². The third kappa shape index (κ3) is 2.52. The topological polar surface area (TPSA) is 69.1 Å². The van der Waals surface area contributed by atoms with Crippen LogP contribution >= 0.6 is 15.9 Å². The number of rotatable bonds is 3. The number of hydrogen-bond acceptors (Lipinski definition) is 2. The van der Waals surface area contributed by atoms with Gasteiger partial charge in [0.25, 0.3) is 0 Å². The molecule has 5 heteroatoms. The van der Waals surface area contributed by atoms with Gasteiger partial charge in [-0.15, -0.1) is 0 Å². The van der Waals surface area contributed by atoms with Crippen LogP contribution in [0.15, 0.2) is 22.7 Å². The molecule has 4 N–H and O–H groups in total. The number of hydrogen-bond donors (Lipinski definition) is 2. The van der Waals surface area contributed by atoms with Crippen LogP contribution in [0.25, 0.3) is 0 Å². The molecule has 3 nitrogen and oxygen atoms in total. The standard InChI is InChI=1S/C9H10BrFN2O/c10-5-2-1-3-6(11)9(5)7(12)4-8(13)14/h1-3,7H,4,12H2,(H2,13,14). The number of amides is 1. The number of carbonyl (C=O) groups is 1. The minimum Gasteiger partial charge on any atom is -0.370 e. The van der Waals surface area contributed by atoms with Crippen LogP contribution in [-0.2, 0) is 4.79 Å². The highest BCUT2D eigenvalue weighted by atomic mass is 79.9. The summed E-state index contributed by atoms with van der Waals surface area (Å²) in [6.07, 6.45) is -0.0699. The van der Waals surface area contributed by atoms with Gasteiger partial charge in [0.2, 0.25) is 5.91 Å². The third-order valence-electron chi connectivity index (χ3n) is 1.79. The third-order valence-corrected chi connectivity index (χ3v) is 2.48. The molecule has 0 saturated carbocycles. The van der Waals surface area contributed by atoms with Crippen molar-refractivity contribution < 1.29 is 9.18 Å². The van der Waals surface area contributed by atoms with Crippen LogP contribution in [-0.4, -0.2) is 5.91 Å². The molecule has 14 heavy (non-hydrogen) atoms. The Labute approximate surface area is 89.4 Å². The summed E-state index contributed by atoms with van der Waals surface area (Å²) in [6, 6.07) is 3.81. The SMILES string of the molecule is NC(=O)CC(N)c1c(F)cccc1Br. The van der Waals surface area contributed by atoms with Gasteiger partial charge in [-0.05, 0) is 12.1 Å². The minimum atomic E-state index is -0.705. The van der Waals surface area contributed by atoms with E-state index >= 15 is 0 Å². The molecule has 0 aromatic heterocycles. The maximum atomic E-state index is 13.3. The van der Waals surface area contributed by atoms with Crippen molar-refractivity contribution in [1.29, 1.82) is 0 Å². The molecule has 0 aliphatic heterocycles. The van der Waals surface area contributed by atoms with Gasteiger partial charge < -0.3 is 11.5 Å². The lowest BCUT2D eigenvalue weighted by Crippen LogP contribution is -2.21. The van der Waals surface area contributed by atoms with Crippen molar-refractivity contribution in [3.63, 3.8) is 0 Å². The first-order valence-corrected chi connectivity index (χ1v) is 4.79. The summed E-state index contributed by atoms with van der Waals surface area (Å²) in [5.41, 5.74) is 10.9. The second-order valence-corrected chi connectivity index (χ2v) is 3.77. The van der Waals surface area contributed by atoms with Crippen LogP contribution in [0.4, 0.5) is 4.39 Å². The monoisotopic (exact) mass is 260 g/mol. The molecule has 1 unspecified atom stereocenters. The molecule has 0 saturated heterocycles. The molecule has 0 aliphatic rings. The Bertz CT molecular complexity index is 336. The average molecular weight is 261 g/mol. The van der Waals surface area contributed by atoms with E-state index in [2.05, 4.69) is 15.9 Å². The lowest BCUT2D eigenvalue weighted by Gasteiger charge is -2.12. The highest BCUT2D eigenvalue weighted by Gasteiger charge is 2.16. The van der Waals surface area contributed by atoms with Crippen molar-refractivity contribution in [1.82, 2.24) is 0 Å². The van der Waals surface area contributed by atoms with Gasteiger partial charge >= 0.3 is 0 Å². The zero-order chi connectivity index (χ0) is 10.7. The van der Waals surface area contributed by atoms with Gasteiger partial charge in [-0.3, -0.25) is 4.79 Å². The van der Waals surface area contributed by atoms with Crippen molar-refractivity contribution in [3.05, 3.63) is 34.1 Å². The van der Waals surface area contributed by atoms with Gasteiger partial charge in [-0.25, -0.2) is 4.39 Å². The minimum absolute atomic E-state index is 0.0699. The second-order valence-electron chi connectivity index (χ2n) is 2.91. The summed E-state index contributed by atoms with van der Waals surface area (Å²) in [4.78, 5) is 10.6. The summed E-state index contributed by atoms with van der Waals surface area (Å²) < 4.78 is 13.8. The molecule has 1 amide bonds. The summed E-state index contributed by atoms with van der Waals surface area (Å²) in [5.74, 6) is -0.985. The maximum Gasteiger partial charge on any atom is 0.219 e. The molecule has 76 valence electrons. The molecule has 0 spiro atoms. The van der Waals surface area contributed by atoms with E-state index in [0.29, 0.717) is 4.47 Å². The largest absolute Gasteiger partial charge is 0.370 e. The van der Waals surface area contributed by atoms with Gasteiger partial charge in [-0.1, -0.05) is 22.0 Å². The van der Waals surface area contributed by atoms with Crippen molar-refractivity contribution in [3.8, 4) is 0 Å². The van der Waals surface area contributed by atoms with E-state index < -0.39 is 17.8 Å². The van der Waals surface area contributed by atoms with Crippen LogP contribution in [0.3, 0.4) is 0 Å². The van der Waals surface area contributed by atoms with Gasteiger partial charge in [0, 0.05) is 22.5 Å². The van der Waals surface area contributed by atoms with Crippen LogP contribution < -0.4 is 11.5 Å². The first-order chi connectivity index (χ1) is 6.52. The molecule has 1 aromatic carbocycles. The number of carbonyl (C=O) groups excluding carboxylic acids is 1. The zero-order valence-electron chi connectivity index (χ0n) is 7.34. The Morgan fingerprint density at radius 3 is 2.71 bits per heavy atom. The highest BCUT2D eigenvalue weighted by molar-refractivity contribution is 9.10. The molecule has 1 rings (SSSR count). The van der Waals surface area contributed by atoms with Gasteiger partial charge in [0.1, 0.15) is 5.82 Å². The van der Waals surface area contributed by atoms with Crippen molar-refractivity contribution in [2.75, 3.05) is 0 Å². The van der Waals surface area contributed by atoms with Gasteiger partial charge in [0.05, 0.1) is 0 Å². The Morgan fingerprint density at radius 2 is 2.21 bits per heavy atom. The normalized spacial score (nSPS) is 12.5. The lowest BCUT2D eigenvalue weighted by molar-refractivity contribution is -0.118. The number of benzene rings is 1. The summed E-state index contributed by atoms with van der Waals surface area (Å²) in [6.45, 7) is 0. The smallest absolute Gasteiger partial charge is 0.219 e. The first kappa shape index (κ1) is 11.1.